The number of benzene rings is 1. The van der Waals surface area contributed by atoms with Gasteiger partial charge in [0, 0.05) is 38.7 Å². The van der Waals surface area contributed by atoms with Crippen molar-refractivity contribution in [2.45, 2.75) is 18.9 Å². The highest BCUT2D eigenvalue weighted by molar-refractivity contribution is 5.93. The topological polar surface area (TPSA) is 57.7 Å². The van der Waals surface area contributed by atoms with E-state index in [1.807, 2.05) is 12.1 Å². The van der Waals surface area contributed by atoms with Crippen molar-refractivity contribution in [3.63, 3.8) is 0 Å². The van der Waals surface area contributed by atoms with Crippen LogP contribution in [0.25, 0.3) is 0 Å². The second kappa shape index (κ2) is 8.56. The summed E-state index contributed by atoms with van der Waals surface area (Å²) in [5.41, 5.74) is 0.459. The Kier molecular flexibility index (Phi) is 5.71. The molecule has 0 spiro atoms. The number of anilines is 1. The zero-order valence-corrected chi connectivity index (χ0v) is 15.8. The summed E-state index contributed by atoms with van der Waals surface area (Å²) in [5.74, 6) is 0.934. The molecule has 1 aromatic heterocycles. The Bertz CT molecular complexity index is 824. The van der Waals surface area contributed by atoms with Crippen molar-refractivity contribution in [3.8, 4) is 5.75 Å². The van der Waals surface area contributed by atoms with Gasteiger partial charge in [0.1, 0.15) is 29.2 Å². The molecule has 148 valence electrons. The van der Waals surface area contributed by atoms with Gasteiger partial charge in [-0.1, -0.05) is 12.1 Å². The van der Waals surface area contributed by atoms with Crippen LogP contribution < -0.4 is 15.0 Å². The molecule has 0 bridgehead atoms. The van der Waals surface area contributed by atoms with Crippen LogP contribution in [0.15, 0.2) is 42.5 Å². The van der Waals surface area contributed by atoms with Crippen molar-refractivity contribution in [2.24, 2.45) is 0 Å². The van der Waals surface area contributed by atoms with E-state index in [-0.39, 0.29) is 17.8 Å². The molecular formula is C21H25FN4O2. The summed E-state index contributed by atoms with van der Waals surface area (Å²) in [6.07, 6.45) is 1.65. The number of carbonyl (C=O) groups is 1. The van der Waals surface area contributed by atoms with Crippen LogP contribution in [0.2, 0.25) is 0 Å². The normalized spacial score (nSPS) is 20.1. The number of carbonyl (C=O) groups excluding carboxylic acids is 1. The number of aromatic nitrogens is 1. The van der Waals surface area contributed by atoms with Gasteiger partial charge < -0.3 is 19.9 Å². The number of pyridine rings is 1. The smallest absolute Gasteiger partial charge is 0.272 e. The SMILES string of the molecule is O=C(c1cccc(N2CCCNCC2)n1)N1CC[C@H](Oc2cccc(F)c2)C1. The van der Waals surface area contributed by atoms with Crippen molar-refractivity contribution >= 4 is 11.7 Å². The first kappa shape index (κ1) is 18.7. The monoisotopic (exact) mass is 384 g/mol. The third-order valence-electron chi connectivity index (χ3n) is 5.15. The highest BCUT2D eigenvalue weighted by Crippen LogP contribution is 2.21. The molecule has 2 aliphatic heterocycles. The van der Waals surface area contributed by atoms with E-state index in [9.17, 15) is 9.18 Å². The summed E-state index contributed by atoms with van der Waals surface area (Å²) in [5, 5.41) is 3.38. The first-order chi connectivity index (χ1) is 13.7. The molecule has 2 fully saturated rings. The average Bonchev–Trinajstić information content (AvgIpc) is 2.99. The van der Waals surface area contributed by atoms with Crippen molar-refractivity contribution in [3.05, 3.63) is 54.0 Å². The van der Waals surface area contributed by atoms with Crippen LogP contribution in [0.5, 0.6) is 5.75 Å². The quantitative estimate of drug-likeness (QED) is 0.877. The second-order valence-corrected chi connectivity index (χ2v) is 7.21. The lowest BCUT2D eigenvalue weighted by Crippen LogP contribution is -2.32. The van der Waals surface area contributed by atoms with Gasteiger partial charge in [0.25, 0.3) is 5.91 Å². The molecule has 4 rings (SSSR count). The first-order valence-corrected chi connectivity index (χ1v) is 9.83. The summed E-state index contributed by atoms with van der Waals surface area (Å²) in [6.45, 7) is 4.84. The predicted octanol–water partition coefficient (Wildman–Crippen LogP) is 2.31. The first-order valence-electron chi connectivity index (χ1n) is 9.83. The van der Waals surface area contributed by atoms with E-state index in [2.05, 4.69) is 15.2 Å². The number of hydrogen-bond donors (Lipinski definition) is 1. The molecule has 0 saturated carbocycles. The van der Waals surface area contributed by atoms with Crippen molar-refractivity contribution in [2.75, 3.05) is 44.2 Å². The highest BCUT2D eigenvalue weighted by Gasteiger charge is 2.29. The fraction of sp³-hybridized carbons (Fsp3) is 0.429. The van der Waals surface area contributed by atoms with Crippen LogP contribution >= 0.6 is 0 Å². The molecule has 0 unspecified atom stereocenters. The Morgan fingerprint density at radius 1 is 1.14 bits per heavy atom. The Morgan fingerprint density at radius 3 is 2.93 bits per heavy atom. The molecule has 28 heavy (non-hydrogen) atoms. The van der Waals surface area contributed by atoms with E-state index in [1.165, 1.54) is 12.1 Å². The number of amides is 1. The van der Waals surface area contributed by atoms with Crippen LogP contribution in [0, 0.1) is 5.82 Å². The number of rotatable bonds is 4. The van der Waals surface area contributed by atoms with Gasteiger partial charge in [-0.2, -0.15) is 0 Å². The molecule has 2 saturated heterocycles. The number of halogens is 1. The number of nitrogens with zero attached hydrogens (tertiary/aromatic N) is 3. The maximum Gasteiger partial charge on any atom is 0.272 e. The number of nitrogens with one attached hydrogen (secondary N) is 1. The third kappa shape index (κ3) is 4.42. The molecule has 3 heterocycles. The molecule has 1 N–H and O–H groups in total. The summed E-state index contributed by atoms with van der Waals surface area (Å²) in [4.78, 5) is 21.5. The molecule has 1 aromatic carbocycles. The van der Waals surface area contributed by atoms with E-state index in [0.29, 0.717) is 24.5 Å². The Labute approximate surface area is 164 Å². The average molecular weight is 384 g/mol. The molecule has 1 atom stereocenters. The Morgan fingerprint density at radius 2 is 2.04 bits per heavy atom. The fourth-order valence-electron chi connectivity index (χ4n) is 3.70. The van der Waals surface area contributed by atoms with Gasteiger partial charge in [-0.25, -0.2) is 9.37 Å². The maximum atomic E-state index is 13.3. The van der Waals surface area contributed by atoms with E-state index in [1.54, 1.807) is 23.1 Å². The van der Waals surface area contributed by atoms with Gasteiger partial charge in [0.2, 0.25) is 0 Å². The van der Waals surface area contributed by atoms with Gasteiger partial charge in [-0.3, -0.25) is 4.79 Å². The fourth-order valence-corrected chi connectivity index (χ4v) is 3.70. The van der Waals surface area contributed by atoms with E-state index < -0.39 is 0 Å². The summed E-state index contributed by atoms with van der Waals surface area (Å²) >= 11 is 0. The van der Waals surface area contributed by atoms with Crippen LogP contribution in [0.1, 0.15) is 23.3 Å². The molecule has 0 radical (unpaired) electrons. The Balaban J connectivity index is 1.40. The summed E-state index contributed by atoms with van der Waals surface area (Å²) in [7, 11) is 0. The van der Waals surface area contributed by atoms with Crippen molar-refractivity contribution < 1.29 is 13.9 Å². The molecule has 7 heteroatoms. The van der Waals surface area contributed by atoms with Gasteiger partial charge in [-0.15, -0.1) is 0 Å². The van der Waals surface area contributed by atoms with Crippen molar-refractivity contribution in [1.82, 2.24) is 15.2 Å². The minimum atomic E-state index is -0.326. The molecule has 1 amide bonds. The molecule has 2 aromatic rings. The highest BCUT2D eigenvalue weighted by atomic mass is 19.1. The molecule has 2 aliphatic rings. The number of hydrogen-bond acceptors (Lipinski definition) is 5. The lowest BCUT2D eigenvalue weighted by Gasteiger charge is -2.22. The van der Waals surface area contributed by atoms with Gasteiger partial charge in [-0.05, 0) is 37.2 Å². The van der Waals surface area contributed by atoms with E-state index >= 15 is 0 Å². The molecule has 6 nitrogen and oxygen atoms in total. The minimum absolute atomic E-state index is 0.0832. The van der Waals surface area contributed by atoms with Gasteiger partial charge in [0.15, 0.2) is 0 Å². The maximum absolute atomic E-state index is 13.3. The Hall–Kier alpha value is -2.67. The zero-order chi connectivity index (χ0) is 19.3. The zero-order valence-electron chi connectivity index (χ0n) is 15.8. The summed E-state index contributed by atoms with van der Waals surface area (Å²) in [6, 6.07) is 11.7. The predicted molar refractivity (Wildman–Crippen MR) is 105 cm³/mol. The standard InChI is InChI=1S/C21H25FN4O2/c22-16-4-1-5-17(14-16)28-18-8-12-26(15-18)21(27)19-6-2-7-20(24-19)25-11-3-9-23-10-13-25/h1-2,4-7,14,18,23H,3,8-13,15H2/t18-/m0/s1. The van der Waals surface area contributed by atoms with E-state index in [4.69, 9.17) is 4.74 Å². The van der Waals surface area contributed by atoms with Crippen LogP contribution in [-0.2, 0) is 0 Å². The number of ether oxygens (including phenoxy) is 1. The molecule has 0 aliphatic carbocycles. The lowest BCUT2D eigenvalue weighted by molar-refractivity contribution is 0.0766. The molecular weight excluding hydrogens is 359 g/mol. The van der Waals surface area contributed by atoms with Crippen molar-refractivity contribution in [1.29, 1.82) is 0 Å². The third-order valence-corrected chi connectivity index (χ3v) is 5.15. The van der Waals surface area contributed by atoms with Crippen LogP contribution in [0.4, 0.5) is 10.2 Å². The second-order valence-electron chi connectivity index (χ2n) is 7.21. The lowest BCUT2D eigenvalue weighted by atomic mass is 10.3. The van der Waals surface area contributed by atoms with Gasteiger partial charge >= 0.3 is 0 Å². The minimum Gasteiger partial charge on any atom is -0.488 e. The number of likely N-dealkylation sites (tertiary alicyclic amines) is 1. The van der Waals surface area contributed by atoms with Gasteiger partial charge in [0.05, 0.1) is 6.54 Å². The van der Waals surface area contributed by atoms with Crippen LogP contribution in [-0.4, -0.2) is 61.2 Å². The van der Waals surface area contributed by atoms with E-state index in [0.717, 1.165) is 44.8 Å². The van der Waals surface area contributed by atoms with Crippen LogP contribution in [0.3, 0.4) is 0 Å². The summed E-state index contributed by atoms with van der Waals surface area (Å²) < 4.78 is 19.2. The largest absolute Gasteiger partial charge is 0.488 e.